The van der Waals surface area contributed by atoms with Gasteiger partial charge >= 0.3 is 0 Å². The summed E-state index contributed by atoms with van der Waals surface area (Å²) in [6, 6.07) is 0. The number of hydrogen-bond donors (Lipinski definition) is 5. The Morgan fingerprint density at radius 2 is 2.00 bits per heavy atom. The number of nitrogens with one attached hydrogen (secondary N) is 1. The van der Waals surface area contributed by atoms with E-state index in [2.05, 4.69) is 23.4 Å². The van der Waals surface area contributed by atoms with Crippen molar-refractivity contribution in [2.24, 2.45) is 11.5 Å². The number of halogens is 2. The van der Waals surface area contributed by atoms with Crippen molar-refractivity contribution in [1.29, 1.82) is 0 Å². The number of thiol groups is 1. The maximum Gasteiger partial charge on any atom is 0.240 e. The number of hydrogen-bond acceptors (Lipinski definition) is 3. The highest BCUT2D eigenvalue weighted by Gasteiger charge is 2.09. The van der Waals surface area contributed by atoms with Gasteiger partial charge in [-0.3, -0.25) is 16.1 Å². The fraction of sp³-hybridized carbons (Fsp3) is 0.800. The summed E-state index contributed by atoms with van der Waals surface area (Å²) in [5, 5.41) is 6.53. The lowest BCUT2D eigenvalue weighted by atomic mass is 10.3. The van der Waals surface area contributed by atoms with Gasteiger partial charge < -0.3 is 30.5 Å². The monoisotopic (exact) mass is 336 g/mol. The molecule has 112 valence electrons. The quantitative estimate of drug-likeness (QED) is 0.201. The highest BCUT2D eigenvalue weighted by atomic mass is 35.5. The van der Waals surface area contributed by atoms with Gasteiger partial charge in [0, 0.05) is 18.6 Å². The molecule has 0 atom stereocenters. The molecule has 0 unspecified atom stereocenters. The van der Waals surface area contributed by atoms with Crippen molar-refractivity contribution in [1.82, 2.24) is 0 Å². The first-order valence-electron chi connectivity index (χ1n) is 5.42. The smallest absolute Gasteiger partial charge is 0.240 e. The van der Waals surface area contributed by atoms with Crippen LogP contribution in [0.4, 0.5) is 0 Å². The maximum atomic E-state index is 5.43. The van der Waals surface area contributed by atoms with E-state index in [-0.39, 0.29) is 24.8 Å². The highest BCUT2D eigenvalue weighted by Crippen LogP contribution is 2.15. The Hall–Kier alpha value is 0.380. The van der Waals surface area contributed by atoms with Gasteiger partial charge in [-0.15, -0.1) is 0 Å². The van der Waals surface area contributed by atoms with E-state index < -0.39 is 0 Å². The van der Waals surface area contributed by atoms with E-state index in [1.807, 2.05) is 7.05 Å². The molecule has 0 spiro atoms. The van der Waals surface area contributed by atoms with Gasteiger partial charge in [-0.2, -0.15) is 12.6 Å². The third kappa shape index (κ3) is 21.6. The molecule has 0 aromatic carbocycles. The Bertz CT molecular complexity index is 196. The molecule has 0 radical (unpaired) electrons. The molecule has 1 fully saturated rings. The average molecular weight is 337 g/mol. The van der Waals surface area contributed by atoms with Crippen molar-refractivity contribution in [2.45, 2.75) is 25.7 Å². The van der Waals surface area contributed by atoms with Crippen molar-refractivity contribution in [3.63, 3.8) is 0 Å². The minimum atomic E-state index is 0. The molecule has 0 aliphatic carbocycles. The van der Waals surface area contributed by atoms with Crippen LogP contribution < -0.4 is 46.7 Å². The Balaban J connectivity index is -0.0000000884. The molecular formula is C10H26Cl2N4S2. The first kappa shape index (κ1) is 26.8. The van der Waals surface area contributed by atoms with Gasteiger partial charge in [0.2, 0.25) is 10.9 Å². The van der Waals surface area contributed by atoms with E-state index in [9.17, 15) is 0 Å². The fourth-order valence-corrected chi connectivity index (χ4v) is 1.91. The summed E-state index contributed by atoms with van der Waals surface area (Å²) in [5.41, 5.74) is 9.93. The lowest BCUT2D eigenvalue weighted by molar-refractivity contribution is -0.422. The third-order valence-electron chi connectivity index (χ3n) is 1.78. The van der Waals surface area contributed by atoms with Crippen LogP contribution in [0.3, 0.4) is 0 Å². The molecule has 0 bridgehead atoms. The van der Waals surface area contributed by atoms with Gasteiger partial charge in [-0.25, -0.2) is 0 Å². The lowest BCUT2D eigenvalue weighted by Gasteiger charge is -1.87. The Morgan fingerprint density at radius 3 is 2.22 bits per heavy atom. The van der Waals surface area contributed by atoms with Gasteiger partial charge in [0.25, 0.3) is 0 Å². The largest absolute Gasteiger partial charge is 1.00 e. The van der Waals surface area contributed by atoms with Gasteiger partial charge in [-0.05, 0) is 25.6 Å². The zero-order valence-electron chi connectivity index (χ0n) is 11.1. The summed E-state index contributed by atoms with van der Waals surface area (Å²) in [7, 11) is 3.33. The average Bonchev–Trinajstić information content (AvgIpc) is 2.80. The van der Waals surface area contributed by atoms with Crippen LogP contribution in [0.5, 0.6) is 0 Å². The van der Waals surface area contributed by atoms with Gasteiger partial charge in [0.1, 0.15) is 0 Å². The minimum absolute atomic E-state index is 0. The van der Waals surface area contributed by atoms with Crippen molar-refractivity contribution < 1.29 is 35.2 Å². The molecule has 8 heteroatoms. The van der Waals surface area contributed by atoms with Crippen LogP contribution in [-0.4, -0.2) is 36.5 Å². The Labute approximate surface area is 133 Å². The summed E-state index contributed by atoms with van der Waals surface area (Å²) in [6.07, 6.45) is 4.41. The molecule has 0 aromatic rings. The number of thioether (sulfide) groups is 1. The summed E-state index contributed by atoms with van der Waals surface area (Å²) in [4.78, 5) is 2.86. The summed E-state index contributed by atoms with van der Waals surface area (Å²) in [6.45, 7) is 0. The highest BCUT2D eigenvalue weighted by molar-refractivity contribution is 8.14. The first-order valence-corrected chi connectivity index (χ1v) is 7.04. The zero-order chi connectivity index (χ0) is 12.8. The molecule has 1 aliphatic rings. The predicted molar refractivity (Wildman–Crippen MR) is 77.9 cm³/mol. The number of nitrogens with two attached hydrogens (primary N) is 3. The van der Waals surface area contributed by atoms with E-state index in [4.69, 9.17) is 11.1 Å². The maximum absolute atomic E-state index is 5.43. The summed E-state index contributed by atoms with van der Waals surface area (Å²) >= 11 is 5.83. The second kappa shape index (κ2) is 22.6. The minimum Gasteiger partial charge on any atom is -1.00 e. The van der Waals surface area contributed by atoms with E-state index >= 15 is 0 Å². The summed E-state index contributed by atoms with van der Waals surface area (Å²) in [5.74, 6) is 2.99. The Kier molecular flexibility index (Phi) is 33.6. The zero-order valence-corrected chi connectivity index (χ0v) is 14.3. The molecule has 18 heavy (non-hydrogen) atoms. The Morgan fingerprint density at radius 1 is 1.44 bits per heavy atom. The van der Waals surface area contributed by atoms with Crippen LogP contribution in [0.2, 0.25) is 0 Å². The number of rotatable bonds is 3. The van der Waals surface area contributed by atoms with Crippen molar-refractivity contribution in [3.8, 4) is 0 Å². The van der Waals surface area contributed by atoms with Crippen molar-refractivity contribution in [3.05, 3.63) is 0 Å². The van der Waals surface area contributed by atoms with E-state index in [1.165, 1.54) is 19.2 Å². The molecule has 1 saturated heterocycles. The molecular weight excluding hydrogens is 311 g/mol. The first-order chi connectivity index (χ1) is 7.70. The molecule has 7 N–H and O–H groups in total. The molecule has 1 heterocycles. The molecule has 0 saturated carbocycles. The van der Waals surface area contributed by atoms with Crippen LogP contribution >= 0.6 is 24.4 Å². The van der Waals surface area contributed by atoms with Crippen LogP contribution in [0.15, 0.2) is 0 Å². The van der Waals surface area contributed by atoms with Crippen molar-refractivity contribution >= 4 is 35.3 Å². The standard InChI is InChI=1S/C5H12N2S.C4H7NS.CH5N.2ClH/c1-7-5(6)3-2-4-8;5-4-2-1-3-6-4;1-2;;/h8H,2-4H2,1H3,(H2,6,7);5H,1-3H2;2H2,1H3;2*1H. The molecule has 1 aliphatic heterocycles. The SMILES string of the molecule is CN.C[NH+]=C(N)CCCS.[Cl-].[Cl-].[NH2+]=C1CCCS1. The molecule has 0 aromatic heterocycles. The van der Waals surface area contributed by atoms with E-state index in [0.29, 0.717) is 0 Å². The molecule has 4 nitrogen and oxygen atoms in total. The molecule has 1 rings (SSSR count). The second-order valence-electron chi connectivity index (χ2n) is 3.02. The normalized spacial score (nSPS) is 13.1. The molecule has 0 amide bonds. The third-order valence-corrected chi connectivity index (χ3v) is 3.16. The van der Waals surface area contributed by atoms with E-state index in [1.54, 1.807) is 11.8 Å². The number of amidine groups is 1. The van der Waals surface area contributed by atoms with Crippen LogP contribution in [0, 0.1) is 0 Å². The van der Waals surface area contributed by atoms with Crippen LogP contribution in [0.1, 0.15) is 25.7 Å². The van der Waals surface area contributed by atoms with Gasteiger partial charge in [0.05, 0.1) is 7.05 Å². The van der Waals surface area contributed by atoms with Gasteiger partial charge in [-0.1, -0.05) is 11.8 Å². The van der Waals surface area contributed by atoms with E-state index in [0.717, 1.165) is 35.9 Å². The second-order valence-corrected chi connectivity index (χ2v) is 4.69. The lowest BCUT2D eigenvalue weighted by Crippen LogP contribution is -3.00. The van der Waals surface area contributed by atoms with Crippen molar-refractivity contribution in [2.75, 3.05) is 25.6 Å². The van der Waals surface area contributed by atoms with Crippen LogP contribution in [0.25, 0.3) is 0 Å². The topological polar surface area (TPSA) is 91.6 Å². The predicted octanol–water partition coefficient (Wildman–Crippen LogP) is -7.98. The fourth-order valence-electron chi connectivity index (χ4n) is 0.916. The van der Waals surface area contributed by atoms with Gasteiger partial charge in [0.15, 0.2) is 0 Å². The summed E-state index contributed by atoms with van der Waals surface area (Å²) < 4.78 is 0. The van der Waals surface area contributed by atoms with Crippen LogP contribution in [-0.2, 0) is 0 Å².